The van der Waals surface area contributed by atoms with Crippen LogP contribution in [0.1, 0.15) is 0 Å². The number of tetrazole rings is 1. The molecule has 0 amide bonds. The fourth-order valence-corrected chi connectivity index (χ4v) is 2.16. The largest absolute Gasteiger partial charge is 0.399 e. The second-order valence-electron chi connectivity index (χ2n) is 4.23. The van der Waals surface area contributed by atoms with Crippen LogP contribution in [0.4, 0.5) is 14.5 Å². The van der Waals surface area contributed by atoms with Crippen LogP contribution < -0.4 is 5.73 Å². The summed E-state index contributed by atoms with van der Waals surface area (Å²) in [4.78, 5) is 0. The van der Waals surface area contributed by atoms with Crippen molar-refractivity contribution < 1.29 is 8.78 Å². The second kappa shape index (κ2) is 5.10. The number of nitrogen functional groups attached to an aromatic ring is 1. The zero-order valence-corrected chi connectivity index (χ0v) is 11.2. The van der Waals surface area contributed by atoms with E-state index in [1.54, 1.807) is 12.1 Å². The van der Waals surface area contributed by atoms with E-state index in [0.717, 1.165) is 10.7 Å². The molecule has 2 N–H and O–H groups in total. The van der Waals surface area contributed by atoms with Gasteiger partial charge in [0.1, 0.15) is 5.69 Å². The maximum absolute atomic E-state index is 13.9. The number of benzene rings is 2. The molecule has 0 aliphatic rings. The van der Waals surface area contributed by atoms with Gasteiger partial charge in [0.05, 0.1) is 5.02 Å². The zero-order valence-electron chi connectivity index (χ0n) is 10.5. The summed E-state index contributed by atoms with van der Waals surface area (Å²) in [5.74, 6) is -1.85. The van der Waals surface area contributed by atoms with Gasteiger partial charge < -0.3 is 5.73 Å². The van der Waals surface area contributed by atoms with E-state index >= 15 is 0 Å². The first-order valence-electron chi connectivity index (χ1n) is 5.86. The molecule has 2 aromatic carbocycles. The average molecular weight is 308 g/mol. The first kappa shape index (κ1) is 13.4. The monoisotopic (exact) mass is 307 g/mol. The minimum atomic E-state index is -1.04. The van der Waals surface area contributed by atoms with E-state index in [4.69, 9.17) is 17.3 Å². The van der Waals surface area contributed by atoms with Gasteiger partial charge in [0, 0.05) is 11.3 Å². The van der Waals surface area contributed by atoms with Crippen LogP contribution in [0.15, 0.2) is 36.4 Å². The van der Waals surface area contributed by atoms with Gasteiger partial charge in [-0.05, 0) is 40.8 Å². The molecule has 3 rings (SSSR count). The predicted molar refractivity (Wildman–Crippen MR) is 73.9 cm³/mol. The molecule has 1 heterocycles. The van der Waals surface area contributed by atoms with Gasteiger partial charge in [-0.2, -0.15) is 4.68 Å². The van der Waals surface area contributed by atoms with Gasteiger partial charge in [-0.15, -0.1) is 5.10 Å². The van der Waals surface area contributed by atoms with Crippen molar-refractivity contribution in [2.45, 2.75) is 0 Å². The van der Waals surface area contributed by atoms with Gasteiger partial charge in [-0.25, -0.2) is 8.78 Å². The number of nitrogens with zero attached hydrogens (tertiary/aromatic N) is 4. The van der Waals surface area contributed by atoms with Gasteiger partial charge in [-0.3, -0.25) is 0 Å². The average Bonchev–Trinajstić information content (AvgIpc) is 2.91. The van der Waals surface area contributed by atoms with Crippen LogP contribution in [-0.2, 0) is 0 Å². The topological polar surface area (TPSA) is 69.6 Å². The normalized spacial score (nSPS) is 10.8. The molecular weight excluding hydrogens is 300 g/mol. The highest BCUT2D eigenvalue weighted by atomic mass is 35.5. The third-order valence-electron chi connectivity index (χ3n) is 2.86. The van der Waals surface area contributed by atoms with E-state index in [1.165, 1.54) is 18.2 Å². The highest BCUT2D eigenvalue weighted by Gasteiger charge is 2.18. The molecule has 1 aromatic heterocycles. The lowest BCUT2D eigenvalue weighted by Crippen LogP contribution is -2.04. The van der Waals surface area contributed by atoms with Gasteiger partial charge in [-0.1, -0.05) is 17.7 Å². The quantitative estimate of drug-likeness (QED) is 0.739. The first-order valence-corrected chi connectivity index (χ1v) is 6.24. The van der Waals surface area contributed by atoms with Gasteiger partial charge in [0.2, 0.25) is 0 Å². The minimum Gasteiger partial charge on any atom is -0.399 e. The molecule has 0 spiro atoms. The van der Waals surface area contributed by atoms with Crippen LogP contribution in [0.5, 0.6) is 0 Å². The fourth-order valence-electron chi connectivity index (χ4n) is 1.89. The Morgan fingerprint density at radius 1 is 1.14 bits per heavy atom. The molecule has 21 heavy (non-hydrogen) atoms. The summed E-state index contributed by atoms with van der Waals surface area (Å²) in [6, 6.07) is 8.49. The Morgan fingerprint density at radius 2 is 1.95 bits per heavy atom. The summed E-state index contributed by atoms with van der Waals surface area (Å²) in [5, 5.41) is 11.3. The number of halogens is 3. The molecule has 0 bridgehead atoms. The highest BCUT2D eigenvalue weighted by Crippen LogP contribution is 2.29. The van der Waals surface area contributed by atoms with Gasteiger partial charge in [0.25, 0.3) is 0 Å². The molecule has 5 nitrogen and oxygen atoms in total. The van der Waals surface area contributed by atoms with Crippen LogP contribution >= 0.6 is 11.6 Å². The summed E-state index contributed by atoms with van der Waals surface area (Å²) < 4.78 is 28.3. The van der Waals surface area contributed by atoms with Crippen molar-refractivity contribution in [1.82, 2.24) is 20.2 Å². The Labute approximate surface area is 123 Å². The number of rotatable bonds is 2. The van der Waals surface area contributed by atoms with E-state index in [0.29, 0.717) is 16.3 Å². The third kappa shape index (κ3) is 2.31. The molecule has 3 aromatic rings. The molecular formula is C13H8ClF2N5. The summed E-state index contributed by atoms with van der Waals surface area (Å²) in [5.41, 5.74) is 6.44. The maximum atomic E-state index is 13.9. The third-order valence-corrected chi connectivity index (χ3v) is 3.18. The standard InChI is InChI=1S/C13H8ClF2N5/c14-9-6-7(17)4-5-8(9)13-18-19-20-21(13)11-3-1-2-10(15)12(11)16/h1-6H,17H2. The van der Waals surface area contributed by atoms with E-state index < -0.39 is 11.6 Å². The van der Waals surface area contributed by atoms with E-state index in [2.05, 4.69) is 15.5 Å². The minimum absolute atomic E-state index is 0.108. The lowest BCUT2D eigenvalue weighted by atomic mass is 10.2. The molecule has 8 heteroatoms. The number of nitrogens with two attached hydrogens (primary N) is 1. The van der Waals surface area contributed by atoms with Crippen molar-refractivity contribution >= 4 is 17.3 Å². The smallest absolute Gasteiger partial charge is 0.188 e. The van der Waals surface area contributed by atoms with Crippen molar-refractivity contribution in [1.29, 1.82) is 0 Å². The number of aromatic nitrogens is 4. The molecule has 0 atom stereocenters. The van der Waals surface area contributed by atoms with Crippen LogP contribution in [0.2, 0.25) is 5.02 Å². The summed E-state index contributed by atoms with van der Waals surface area (Å²) >= 11 is 6.09. The second-order valence-corrected chi connectivity index (χ2v) is 4.63. The predicted octanol–water partition coefficient (Wildman–Crippen LogP) is 2.84. The lowest BCUT2D eigenvalue weighted by Gasteiger charge is -2.07. The molecule has 0 saturated carbocycles. The van der Waals surface area contributed by atoms with Crippen LogP contribution in [0, 0.1) is 11.6 Å². The fraction of sp³-hybridized carbons (Fsp3) is 0. The van der Waals surface area contributed by atoms with E-state index in [9.17, 15) is 8.78 Å². The first-order chi connectivity index (χ1) is 10.1. The Hall–Kier alpha value is -2.54. The molecule has 0 aliphatic carbocycles. The Balaban J connectivity index is 2.20. The van der Waals surface area contributed by atoms with Gasteiger partial charge >= 0.3 is 0 Å². The van der Waals surface area contributed by atoms with Gasteiger partial charge in [0.15, 0.2) is 17.5 Å². The van der Waals surface area contributed by atoms with Crippen molar-refractivity contribution in [3.05, 3.63) is 53.1 Å². The summed E-state index contributed by atoms with van der Waals surface area (Å²) in [7, 11) is 0. The van der Waals surface area contributed by atoms with Crippen LogP contribution in [0.3, 0.4) is 0 Å². The molecule has 106 valence electrons. The summed E-state index contributed by atoms with van der Waals surface area (Å²) in [6.45, 7) is 0. The SMILES string of the molecule is Nc1ccc(-c2nnnn2-c2cccc(F)c2F)c(Cl)c1. The molecule has 0 radical (unpaired) electrons. The molecule has 0 unspecified atom stereocenters. The van der Waals surface area contributed by atoms with Crippen molar-refractivity contribution in [2.24, 2.45) is 0 Å². The van der Waals surface area contributed by atoms with Crippen LogP contribution in [0.25, 0.3) is 17.1 Å². The highest BCUT2D eigenvalue weighted by molar-refractivity contribution is 6.33. The molecule has 0 aliphatic heterocycles. The summed E-state index contributed by atoms with van der Waals surface area (Å²) in [6.07, 6.45) is 0. The van der Waals surface area contributed by atoms with E-state index in [-0.39, 0.29) is 11.5 Å². The Kier molecular flexibility index (Phi) is 3.26. The zero-order chi connectivity index (χ0) is 15.0. The Morgan fingerprint density at radius 3 is 2.71 bits per heavy atom. The number of hydrogen-bond donors (Lipinski definition) is 1. The van der Waals surface area contributed by atoms with Crippen molar-refractivity contribution in [3.63, 3.8) is 0 Å². The molecule has 0 fully saturated rings. The van der Waals surface area contributed by atoms with Crippen LogP contribution in [-0.4, -0.2) is 20.2 Å². The number of hydrogen-bond acceptors (Lipinski definition) is 4. The maximum Gasteiger partial charge on any atom is 0.188 e. The Bertz CT molecular complexity index is 818. The molecule has 0 saturated heterocycles. The van der Waals surface area contributed by atoms with Crippen molar-refractivity contribution in [3.8, 4) is 17.1 Å². The van der Waals surface area contributed by atoms with E-state index in [1.807, 2.05) is 0 Å². The lowest BCUT2D eigenvalue weighted by molar-refractivity contribution is 0.501. The number of anilines is 1. The van der Waals surface area contributed by atoms with Crippen molar-refractivity contribution in [2.75, 3.05) is 5.73 Å².